The Kier molecular flexibility index (Phi) is 9.99. The van der Waals surface area contributed by atoms with E-state index in [4.69, 9.17) is 9.47 Å². The second-order valence-electron chi connectivity index (χ2n) is 7.68. The van der Waals surface area contributed by atoms with Gasteiger partial charge in [0.15, 0.2) is 11.5 Å². The number of ether oxygens (including phenoxy) is 2. The van der Waals surface area contributed by atoms with Crippen LogP contribution in [-0.4, -0.2) is 62.8 Å². The summed E-state index contributed by atoms with van der Waals surface area (Å²) >= 11 is 2.20. The number of aryl methyl sites for hydroxylation is 1. The largest absolute Gasteiger partial charge is 0.493 e. The molecular formula is C25H33IN2O2. The van der Waals surface area contributed by atoms with E-state index in [1.165, 1.54) is 43.6 Å². The van der Waals surface area contributed by atoms with Crippen LogP contribution in [0.25, 0.3) is 0 Å². The first kappa shape index (κ1) is 23.1. The molecule has 0 aromatic heterocycles. The first-order chi connectivity index (χ1) is 14.8. The normalized spacial score (nSPS) is 15.5. The van der Waals surface area contributed by atoms with Crippen molar-refractivity contribution in [2.24, 2.45) is 0 Å². The standard InChI is InChI=1S/C25H33IN2O2/c1-29-25-21-23(10-11-24(25)30-20-6-13-26)12-15-28-18-16-27(17-19-28)14-5-9-22-7-3-2-4-8-22/h2-4,6-8,10-11,13,21H,5,9,12,14-20H2,1H3/b13-6-. The van der Waals surface area contributed by atoms with Crippen LogP contribution in [0.4, 0.5) is 0 Å². The summed E-state index contributed by atoms with van der Waals surface area (Å²) in [6.07, 6.45) is 5.44. The van der Waals surface area contributed by atoms with E-state index < -0.39 is 0 Å². The maximum absolute atomic E-state index is 5.76. The molecule has 2 aromatic carbocycles. The molecule has 0 amide bonds. The Morgan fingerprint density at radius 2 is 1.60 bits per heavy atom. The van der Waals surface area contributed by atoms with E-state index in [1.54, 1.807) is 7.11 Å². The summed E-state index contributed by atoms with van der Waals surface area (Å²) in [5.41, 5.74) is 2.75. The number of piperazine rings is 1. The first-order valence-corrected chi connectivity index (χ1v) is 12.1. The van der Waals surface area contributed by atoms with Crippen molar-refractivity contribution in [3.05, 3.63) is 69.8 Å². The fourth-order valence-electron chi connectivity index (χ4n) is 3.84. The van der Waals surface area contributed by atoms with E-state index in [0.717, 1.165) is 37.6 Å². The van der Waals surface area contributed by atoms with E-state index in [2.05, 4.69) is 74.9 Å². The highest BCUT2D eigenvalue weighted by Crippen LogP contribution is 2.28. The van der Waals surface area contributed by atoms with Crippen molar-refractivity contribution in [3.63, 3.8) is 0 Å². The van der Waals surface area contributed by atoms with Gasteiger partial charge in [-0.05, 0) is 59.2 Å². The second-order valence-corrected chi connectivity index (χ2v) is 8.40. The van der Waals surface area contributed by atoms with Crippen LogP contribution in [0.5, 0.6) is 11.5 Å². The average Bonchev–Trinajstić information content (AvgIpc) is 2.80. The minimum atomic E-state index is 0.564. The Morgan fingerprint density at radius 1 is 0.867 bits per heavy atom. The van der Waals surface area contributed by atoms with Gasteiger partial charge >= 0.3 is 0 Å². The molecule has 1 aliphatic rings. The highest BCUT2D eigenvalue weighted by Gasteiger charge is 2.16. The summed E-state index contributed by atoms with van der Waals surface area (Å²) in [7, 11) is 1.71. The van der Waals surface area contributed by atoms with Crippen LogP contribution in [0.3, 0.4) is 0 Å². The molecule has 0 saturated carbocycles. The number of hydrogen-bond acceptors (Lipinski definition) is 4. The zero-order valence-electron chi connectivity index (χ0n) is 17.9. The molecule has 30 heavy (non-hydrogen) atoms. The van der Waals surface area contributed by atoms with Crippen molar-refractivity contribution in [2.45, 2.75) is 19.3 Å². The molecule has 0 spiro atoms. The molecule has 0 N–H and O–H groups in total. The quantitative estimate of drug-likeness (QED) is 0.397. The minimum absolute atomic E-state index is 0.564. The molecule has 2 aromatic rings. The van der Waals surface area contributed by atoms with Gasteiger partial charge in [-0.1, -0.05) is 59.0 Å². The van der Waals surface area contributed by atoms with Crippen LogP contribution < -0.4 is 9.47 Å². The molecule has 1 saturated heterocycles. The number of methoxy groups -OCH3 is 1. The van der Waals surface area contributed by atoms with Gasteiger partial charge in [0.25, 0.3) is 0 Å². The maximum Gasteiger partial charge on any atom is 0.161 e. The van der Waals surface area contributed by atoms with E-state index in [9.17, 15) is 0 Å². The van der Waals surface area contributed by atoms with Gasteiger partial charge in [-0.2, -0.15) is 0 Å². The van der Waals surface area contributed by atoms with E-state index in [1.807, 2.05) is 16.2 Å². The summed E-state index contributed by atoms with van der Waals surface area (Å²) in [4.78, 5) is 5.19. The fraction of sp³-hybridized carbons (Fsp3) is 0.440. The van der Waals surface area contributed by atoms with Crippen LogP contribution >= 0.6 is 22.6 Å². The van der Waals surface area contributed by atoms with Gasteiger partial charge in [0, 0.05) is 32.7 Å². The molecule has 4 nitrogen and oxygen atoms in total. The van der Waals surface area contributed by atoms with Crippen LogP contribution in [0.15, 0.2) is 58.7 Å². The Hall–Kier alpha value is -1.57. The third-order valence-electron chi connectivity index (χ3n) is 5.62. The lowest BCUT2D eigenvalue weighted by Crippen LogP contribution is -2.47. The van der Waals surface area contributed by atoms with Gasteiger partial charge in [0.1, 0.15) is 6.61 Å². The molecule has 0 atom stereocenters. The predicted molar refractivity (Wildman–Crippen MR) is 133 cm³/mol. The second kappa shape index (κ2) is 13.0. The van der Waals surface area contributed by atoms with Crippen LogP contribution in [0, 0.1) is 0 Å². The van der Waals surface area contributed by atoms with Crippen LogP contribution in [0.2, 0.25) is 0 Å². The highest BCUT2D eigenvalue weighted by molar-refractivity contribution is 14.1. The van der Waals surface area contributed by atoms with Crippen molar-refractivity contribution in [2.75, 3.05) is 53.0 Å². The van der Waals surface area contributed by atoms with Gasteiger partial charge in [0.2, 0.25) is 0 Å². The molecule has 0 unspecified atom stereocenters. The average molecular weight is 520 g/mol. The molecule has 0 aliphatic carbocycles. The van der Waals surface area contributed by atoms with Gasteiger partial charge in [0.05, 0.1) is 7.11 Å². The Labute approximate surface area is 195 Å². The third-order valence-corrected chi connectivity index (χ3v) is 6.12. The van der Waals surface area contributed by atoms with E-state index in [-0.39, 0.29) is 0 Å². The monoisotopic (exact) mass is 520 g/mol. The Bertz CT molecular complexity index is 774. The van der Waals surface area contributed by atoms with Crippen molar-refractivity contribution in [3.8, 4) is 11.5 Å². The molecule has 1 fully saturated rings. The molecule has 0 bridgehead atoms. The lowest BCUT2D eigenvalue weighted by atomic mass is 10.1. The maximum atomic E-state index is 5.76. The van der Waals surface area contributed by atoms with Crippen molar-refractivity contribution < 1.29 is 9.47 Å². The molecule has 5 heteroatoms. The van der Waals surface area contributed by atoms with E-state index in [0.29, 0.717) is 6.61 Å². The smallest absolute Gasteiger partial charge is 0.161 e. The van der Waals surface area contributed by atoms with Gasteiger partial charge in [-0.3, -0.25) is 0 Å². The van der Waals surface area contributed by atoms with Crippen molar-refractivity contribution in [1.29, 1.82) is 0 Å². The Morgan fingerprint density at radius 3 is 2.30 bits per heavy atom. The van der Waals surface area contributed by atoms with Crippen molar-refractivity contribution >= 4 is 22.6 Å². The van der Waals surface area contributed by atoms with Crippen LogP contribution in [0.1, 0.15) is 17.5 Å². The minimum Gasteiger partial charge on any atom is -0.493 e. The fourth-order valence-corrected chi connectivity index (χ4v) is 4.04. The number of nitrogens with zero attached hydrogens (tertiary/aromatic N) is 2. The SMILES string of the molecule is COc1cc(CCN2CCN(CCCc3ccccc3)CC2)ccc1OC/C=C\I. The summed E-state index contributed by atoms with van der Waals surface area (Å²) in [6.45, 7) is 7.53. The van der Waals surface area contributed by atoms with E-state index >= 15 is 0 Å². The summed E-state index contributed by atoms with van der Waals surface area (Å²) in [6, 6.07) is 17.1. The summed E-state index contributed by atoms with van der Waals surface area (Å²) in [5, 5.41) is 0. The lowest BCUT2D eigenvalue weighted by molar-refractivity contribution is 0.132. The third kappa shape index (κ3) is 7.60. The van der Waals surface area contributed by atoms with Crippen molar-refractivity contribution in [1.82, 2.24) is 9.80 Å². The number of halogens is 1. The number of benzene rings is 2. The zero-order valence-corrected chi connectivity index (χ0v) is 20.1. The molecule has 162 valence electrons. The van der Waals surface area contributed by atoms with Gasteiger partial charge in [-0.25, -0.2) is 0 Å². The Balaban J connectivity index is 1.37. The summed E-state index contributed by atoms with van der Waals surface area (Å²) in [5.74, 6) is 1.62. The zero-order chi connectivity index (χ0) is 21.0. The highest BCUT2D eigenvalue weighted by atomic mass is 127. The topological polar surface area (TPSA) is 24.9 Å². The summed E-state index contributed by atoms with van der Waals surface area (Å²) < 4.78 is 13.2. The molecule has 1 aliphatic heterocycles. The molecule has 3 rings (SSSR count). The number of hydrogen-bond donors (Lipinski definition) is 0. The van der Waals surface area contributed by atoms with Gasteiger partial charge < -0.3 is 19.3 Å². The molecular weight excluding hydrogens is 487 g/mol. The van der Waals surface area contributed by atoms with Crippen LogP contribution in [-0.2, 0) is 12.8 Å². The van der Waals surface area contributed by atoms with Gasteiger partial charge in [-0.15, -0.1) is 0 Å². The first-order valence-electron chi connectivity index (χ1n) is 10.8. The number of rotatable bonds is 11. The predicted octanol–water partition coefficient (Wildman–Crippen LogP) is 4.82. The molecule has 1 heterocycles. The molecule has 0 radical (unpaired) electrons. The lowest BCUT2D eigenvalue weighted by Gasteiger charge is -2.34.